The van der Waals surface area contributed by atoms with Crippen molar-refractivity contribution in [2.24, 2.45) is 0 Å². The normalized spacial score (nSPS) is 19.0. The van der Waals surface area contributed by atoms with E-state index < -0.39 is 0 Å². The largest absolute Gasteiger partial charge is 0.494 e. The Morgan fingerprint density at radius 3 is 2.70 bits per heavy atom. The standard InChI is InChI=1S/C15H21NO4/c1-2-19-13-5-7-14(8-6-13)20-15(18)10-16-9-3-4-12(16)11-17/h5-8,12,17H,2-4,9-11H2,1H3. The van der Waals surface area contributed by atoms with E-state index in [0.29, 0.717) is 12.4 Å². The first-order valence-electron chi connectivity index (χ1n) is 7.01. The van der Waals surface area contributed by atoms with Gasteiger partial charge in [-0.05, 0) is 50.6 Å². The summed E-state index contributed by atoms with van der Waals surface area (Å²) in [6, 6.07) is 7.08. The van der Waals surface area contributed by atoms with Crippen LogP contribution in [-0.2, 0) is 4.79 Å². The van der Waals surface area contributed by atoms with E-state index >= 15 is 0 Å². The molecule has 5 nitrogen and oxygen atoms in total. The van der Waals surface area contributed by atoms with E-state index in [-0.39, 0.29) is 25.2 Å². The zero-order valence-electron chi connectivity index (χ0n) is 11.7. The van der Waals surface area contributed by atoms with Crippen molar-refractivity contribution in [1.82, 2.24) is 4.90 Å². The molecular weight excluding hydrogens is 258 g/mol. The molecular formula is C15H21NO4. The summed E-state index contributed by atoms with van der Waals surface area (Å²) >= 11 is 0. The summed E-state index contributed by atoms with van der Waals surface area (Å²) < 4.78 is 10.6. The molecule has 0 amide bonds. The van der Waals surface area contributed by atoms with Crippen molar-refractivity contribution in [1.29, 1.82) is 0 Å². The predicted molar refractivity (Wildman–Crippen MR) is 74.9 cm³/mol. The number of aliphatic hydroxyl groups excluding tert-OH is 1. The highest BCUT2D eigenvalue weighted by Crippen LogP contribution is 2.19. The molecule has 0 aliphatic carbocycles. The molecule has 110 valence electrons. The van der Waals surface area contributed by atoms with Crippen LogP contribution in [0.2, 0.25) is 0 Å². The quantitative estimate of drug-likeness (QED) is 0.631. The van der Waals surface area contributed by atoms with Crippen molar-refractivity contribution < 1.29 is 19.4 Å². The van der Waals surface area contributed by atoms with Crippen LogP contribution in [0.5, 0.6) is 11.5 Å². The van der Waals surface area contributed by atoms with Crippen LogP contribution in [0, 0.1) is 0 Å². The fourth-order valence-electron chi connectivity index (χ4n) is 2.41. The maximum atomic E-state index is 11.9. The zero-order chi connectivity index (χ0) is 14.4. The highest BCUT2D eigenvalue weighted by Gasteiger charge is 2.26. The van der Waals surface area contributed by atoms with Crippen LogP contribution >= 0.6 is 0 Å². The summed E-state index contributed by atoms with van der Waals surface area (Å²) in [7, 11) is 0. The van der Waals surface area contributed by atoms with Gasteiger partial charge in [0.05, 0.1) is 19.8 Å². The molecule has 20 heavy (non-hydrogen) atoms. The van der Waals surface area contributed by atoms with Gasteiger partial charge in [-0.15, -0.1) is 0 Å². The third kappa shape index (κ3) is 3.95. The van der Waals surface area contributed by atoms with Crippen LogP contribution in [0.15, 0.2) is 24.3 Å². The molecule has 0 saturated carbocycles. The number of carbonyl (C=O) groups excluding carboxylic acids is 1. The van der Waals surface area contributed by atoms with E-state index in [2.05, 4.69) is 0 Å². The average molecular weight is 279 g/mol. The smallest absolute Gasteiger partial charge is 0.325 e. The molecule has 1 saturated heterocycles. The Labute approximate surface area is 119 Å². The number of aliphatic hydroxyl groups is 1. The Bertz CT molecular complexity index is 432. The van der Waals surface area contributed by atoms with E-state index in [1.807, 2.05) is 11.8 Å². The fourth-order valence-corrected chi connectivity index (χ4v) is 2.41. The Kier molecular flexibility index (Phi) is 5.38. The third-order valence-electron chi connectivity index (χ3n) is 3.41. The molecule has 0 aromatic heterocycles. The Hall–Kier alpha value is -1.59. The lowest BCUT2D eigenvalue weighted by Gasteiger charge is -2.21. The number of carbonyl (C=O) groups is 1. The molecule has 5 heteroatoms. The van der Waals surface area contributed by atoms with Crippen molar-refractivity contribution in [3.05, 3.63) is 24.3 Å². The second-order valence-corrected chi connectivity index (χ2v) is 4.83. The number of likely N-dealkylation sites (tertiary alicyclic amines) is 1. The Morgan fingerprint density at radius 1 is 1.35 bits per heavy atom. The monoisotopic (exact) mass is 279 g/mol. The molecule has 2 rings (SSSR count). The minimum Gasteiger partial charge on any atom is -0.494 e. The lowest BCUT2D eigenvalue weighted by molar-refractivity contribution is -0.136. The number of esters is 1. The molecule has 1 atom stereocenters. The SMILES string of the molecule is CCOc1ccc(OC(=O)CN2CCCC2CO)cc1. The van der Waals surface area contributed by atoms with E-state index in [9.17, 15) is 9.90 Å². The van der Waals surface area contributed by atoms with Gasteiger partial charge in [-0.25, -0.2) is 0 Å². The van der Waals surface area contributed by atoms with Gasteiger partial charge in [0.2, 0.25) is 0 Å². The van der Waals surface area contributed by atoms with Gasteiger partial charge < -0.3 is 14.6 Å². The predicted octanol–water partition coefficient (Wildman–Crippen LogP) is 1.45. The van der Waals surface area contributed by atoms with Crippen LogP contribution in [0.4, 0.5) is 0 Å². The van der Waals surface area contributed by atoms with Gasteiger partial charge in [-0.3, -0.25) is 9.69 Å². The van der Waals surface area contributed by atoms with E-state index in [1.165, 1.54) is 0 Å². The maximum absolute atomic E-state index is 11.9. The van der Waals surface area contributed by atoms with Crippen LogP contribution in [0.1, 0.15) is 19.8 Å². The molecule has 0 radical (unpaired) electrons. The first-order valence-corrected chi connectivity index (χ1v) is 7.01. The third-order valence-corrected chi connectivity index (χ3v) is 3.41. The first kappa shape index (κ1) is 14.8. The second kappa shape index (κ2) is 7.26. The fraction of sp³-hybridized carbons (Fsp3) is 0.533. The maximum Gasteiger partial charge on any atom is 0.325 e. The van der Waals surface area contributed by atoms with Crippen LogP contribution in [0.25, 0.3) is 0 Å². The minimum atomic E-state index is -0.297. The highest BCUT2D eigenvalue weighted by molar-refractivity contribution is 5.74. The summed E-state index contributed by atoms with van der Waals surface area (Å²) in [6.07, 6.45) is 1.95. The minimum absolute atomic E-state index is 0.0860. The van der Waals surface area contributed by atoms with E-state index in [0.717, 1.165) is 25.1 Å². The first-order chi connectivity index (χ1) is 9.72. The number of hydrogen-bond acceptors (Lipinski definition) is 5. The molecule has 1 aliphatic heterocycles. The van der Waals surface area contributed by atoms with Crippen molar-refractivity contribution >= 4 is 5.97 Å². The number of nitrogens with zero attached hydrogens (tertiary/aromatic N) is 1. The molecule has 1 fully saturated rings. The summed E-state index contributed by atoms with van der Waals surface area (Å²) in [5.74, 6) is 0.972. The Morgan fingerprint density at radius 2 is 2.05 bits per heavy atom. The molecule has 1 aromatic carbocycles. The van der Waals surface area contributed by atoms with Crippen molar-refractivity contribution in [2.45, 2.75) is 25.8 Å². The number of hydrogen-bond donors (Lipinski definition) is 1. The molecule has 1 unspecified atom stereocenters. The summed E-state index contributed by atoms with van der Waals surface area (Å²) in [6.45, 7) is 3.68. The number of ether oxygens (including phenoxy) is 2. The van der Waals surface area contributed by atoms with Gasteiger partial charge >= 0.3 is 5.97 Å². The van der Waals surface area contributed by atoms with Gasteiger partial charge in [-0.1, -0.05) is 0 Å². The van der Waals surface area contributed by atoms with Crippen molar-refractivity contribution in [3.8, 4) is 11.5 Å². The van der Waals surface area contributed by atoms with Gasteiger partial charge in [0, 0.05) is 6.04 Å². The molecule has 1 N–H and O–H groups in total. The van der Waals surface area contributed by atoms with Gasteiger partial charge in [-0.2, -0.15) is 0 Å². The molecule has 1 aliphatic rings. The second-order valence-electron chi connectivity index (χ2n) is 4.83. The van der Waals surface area contributed by atoms with Crippen LogP contribution in [-0.4, -0.2) is 48.3 Å². The van der Waals surface area contributed by atoms with Crippen LogP contribution < -0.4 is 9.47 Å². The lowest BCUT2D eigenvalue weighted by Crippen LogP contribution is -2.37. The topological polar surface area (TPSA) is 59.0 Å². The highest BCUT2D eigenvalue weighted by atomic mass is 16.5. The summed E-state index contributed by atoms with van der Waals surface area (Å²) in [4.78, 5) is 13.8. The van der Waals surface area contributed by atoms with E-state index in [4.69, 9.17) is 9.47 Å². The molecule has 1 aromatic rings. The average Bonchev–Trinajstić information content (AvgIpc) is 2.88. The molecule has 0 spiro atoms. The Balaban J connectivity index is 1.84. The number of rotatable bonds is 6. The molecule has 0 bridgehead atoms. The van der Waals surface area contributed by atoms with Crippen molar-refractivity contribution in [2.75, 3.05) is 26.3 Å². The van der Waals surface area contributed by atoms with E-state index in [1.54, 1.807) is 24.3 Å². The van der Waals surface area contributed by atoms with Crippen LogP contribution in [0.3, 0.4) is 0 Å². The van der Waals surface area contributed by atoms with Gasteiger partial charge in [0.25, 0.3) is 0 Å². The van der Waals surface area contributed by atoms with Gasteiger partial charge in [0.15, 0.2) is 0 Å². The number of benzene rings is 1. The van der Waals surface area contributed by atoms with Gasteiger partial charge in [0.1, 0.15) is 11.5 Å². The summed E-state index contributed by atoms with van der Waals surface area (Å²) in [5, 5.41) is 9.21. The summed E-state index contributed by atoms with van der Waals surface area (Å²) in [5.41, 5.74) is 0. The van der Waals surface area contributed by atoms with Crippen molar-refractivity contribution in [3.63, 3.8) is 0 Å². The zero-order valence-corrected chi connectivity index (χ0v) is 11.7. The molecule has 1 heterocycles. The lowest BCUT2D eigenvalue weighted by atomic mass is 10.2.